The van der Waals surface area contributed by atoms with Gasteiger partial charge in [-0.1, -0.05) is 6.07 Å². The Balaban J connectivity index is 1.69. The molecule has 5 heteroatoms. The average molecular weight is 273 g/mol. The molecule has 1 saturated carbocycles. The molecule has 1 aromatic heterocycles. The molecule has 1 fully saturated rings. The highest BCUT2D eigenvalue weighted by molar-refractivity contribution is 5.39. The largest absolute Gasteiger partial charge is 0.484 e. The molecular formula is C15H16FN3O. The van der Waals surface area contributed by atoms with Crippen LogP contribution < -0.4 is 10.5 Å². The standard InChI is InChI=1S/C15H16FN3O/c16-9-1-4-11-12(17)6-15(20-14(11)5-9)13-7-18-8-19(13)10-2-3-10/h1,4-5,7-8,10,12,15H,2-3,6,17H2/t12-,15?/m0/s1. The molecule has 1 unspecified atom stereocenters. The third-order valence-electron chi connectivity index (χ3n) is 4.08. The lowest BCUT2D eigenvalue weighted by molar-refractivity contribution is 0.152. The number of ether oxygens (including phenoxy) is 1. The number of nitrogens with two attached hydrogens (primary N) is 1. The quantitative estimate of drug-likeness (QED) is 0.915. The van der Waals surface area contributed by atoms with Crippen molar-refractivity contribution < 1.29 is 9.13 Å². The minimum Gasteiger partial charge on any atom is -0.484 e. The Morgan fingerprint density at radius 3 is 3.00 bits per heavy atom. The van der Waals surface area contributed by atoms with E-state index in [-0.39, 0.29) is 18.0 Å². The summed E-state index contributed by atoms with van der Waals surface area (Å²) in [5.74, 6) is 0.254. The molecule has 0 bridgehead atoms. The molecule has 0 spiro atoms. The van der Waals surface area contributed by atoms with Gasteiger partial charge in [0, 0.05) is 30.1 Å². The van der Waals surface area contributed by atoms with Crippen LogP contribution in [0.5, 0.6) is 5.75 Å². The molecule has 104 valence electrons. The summed E-state index contributed by atoms with van der Waals surface area (Å²) < 4.78 is 21.5. The van der Waals surface area contributed by atoms with Crippen LogP contribution in [0.2, 0.25) is 0 Å². The van der Waals surface area contributed by atoms with E-state index >= 15 is 0 Å². The third kappa shape index (κ3) is 1.89. The molecule has 4 nitrogen and oxygen atoms in total. The van der Waals surface area contributed by atoms with Crippen molar-refractivity contribution in [3.63, 3.8) is 0 Å². The van der Waals surface area contributed by atoms with E-state index < -0.39 is 0 Å². The number of aromatic nitrogens is 2. The number of nitrogens with zero attached hydrogens (tertiary/aromatic N) is 2. The van der Waals surface area contributed by atoms with Crippen LogP contribution in [-0.4, -0.2) is 9.55 Å². The predicted molar refractivity (Wildman–Crippen MR) is 71.8 cm³/mol. The number of benzene rings is 1. The first-order chi connectivity index (χ1) is 9.72. The van der Waals surface area contributed by atoms with Crippen LogP contribution in [0.25, 0.3) is 0 Å². The Labute approximate surface area is 116 Å². The highest BCUT2D eigenvalue weighted by Crippen LogP contribution is 2.43. The second-order valence-electron chi connectivity index (χ2n) is 5.59. The van der Waals surface area contributed by atoms with Gasteiger partial charge in [0.25, 0.3) is 0 Å². The van der Waals surface area contributed by atoms with Gasteiger partial charge in [0.15, 0.2) is 0 Å². The number of rotatable bonds is 2. The van der Waals surface area contributed by atoms with Crippen LogP contribution in [0.15, 0.2) is 30.7 Å². The number of imidazole rings is 1. The number of hydrogen-bond donors (Lipinski definition) is 1. The molecule has 2 N–H and O–H groups in total. The predicted octanol–water partition coefficient (Wildman–Crippen LogP) is 2.88. The number of fused-ring (bicyclic) bond motifs is 1. The second-order valence-corrected chi connectivity index (χ2v) is 5.59. The van der Waals surface area contributed by atoms with E-state index in [1.807, 2.05) is 12.5 Å². The van der Waals surface area contributed by atoms with E-state index in [1.165, 1.54) is 25.0 Å². The summed E-state index contributed by atoms with van der Waals surface area (Å²) in [6, 6.07) is 4.97. The minimum atomic E-state index is -0.299. The maximum Gasteiger partial charge on any atom is 0.142 e. The zero-order chi connectivity index (χ0) is 13.7. The van der Waals surface area contributed by atoms with Gasteiger partial charge in [-0.15, -0.1) is 0 Å². The fourth-order valence-corrected chi connectivity index (χ4v) is 2.88. The first kappa shape index (κ1) is 11.9. The van der Waals surface area contributed by atoms with Crippen LogP contribution >= 0.6 is 0 Å². The van der Waals surface area contributed by atoms with Crippen molar-refractivity contribution in [1.82, 2.24) is 9.55 Å². The van der Waals surface area contributed by atoms with E-state index in [1.54, 1.807) is 6.07 Å². The van der Waals surface area contributed by atoms with Gasteiger partial charge in [0.05, 0.1) is 18.2 Å². The molecule has 2 aliphatic rings. The van der Waals surface area contributed by atoms with Crippen LogP contribution in [0.1, 0.15) is 48.7 Å². The van der Waals surface area contributed by atoms with Crippen LogP contribution in [0.3, 0.4) is 0 Å². The Hall–Kier alpha value is -1.88. The number of halogens is 1. The van der Waals surface area contributed by atoms with Crippen molar-refractivity contribution in [3.8, 4) is 5.75 Å². The van der Waals surface area contributed by atoms with Crippen LogP contribution in [0.4, 0.5) is 4.39 Å². The van der Waals surface area contributed by atoms with Crippen LogP contribution in [-0.2, 0) is 0 Å². The van der Waals surface area contributed by atoms with Gasteiger partial charge in [0.2, 0.25) is 0 Å². The first-order valence-corrected chi connectivity index (χ1v) is 6.96. The first-order valence-electron chi connectivity index (χ1n) is 6.96. The lowest BCUT2D eigenvalue weighted by Crippen LogP contribution is -2.25. The van der Waals surface area contributed by atoms with Crippen molar-refractivity contribution in [2.75, 3.05) is 0 Å². The minimum absolute atomic E-state index is 0.132. The van der Waals surface area contributed by atoms with Crippen molar-refractivity contribution in [3.05, 3.63) is 47.8 Å². The summed E-state index contributed by atoms with van der Waals surface area (Å²) in [6.45, 7) is 0. The second kappa shape index (κ2) is 4.31. The topological polar surface area (TPSA) is 53.1 Å². The van der Waals surface area contributed by atoms with Gasteiger partial charge in [0.1, 0.15) is 17.7 Å². The molecule has 2 atom stereocenters. The Morgan fingerprint density at radius 2 is 2.20 bits per heavy atom. The van der Waals surface area contributed by atoms with Gasteiger partial charge in [-0.25, -0.2) is 9.37 Å². The van der Waals surface area contributed by atoms with Crippen LogP contribution in [0, 0.1) is 5.82 Å². The van der Waals surface area contributed by atoms with E-state index in [9.17, 15) is 4.39 Å². The number of hydrogen-bond acceptors (Lipinski definition) is 3. The molecule has 0 radical (unpaired) electrons. The van der Waals surface area contributed by atoms with Gasteiger partial charge in [-0.05, 0) is 18.9 Å². The third-order valence-corrected chi connectivity index (χ3v) is 4.08. The highest BCUT2D eigenvalue weighted by Gasteiger charge is 2.33. The lowest BCUT2D eigenvalue weighted by atomic mass is 9.96. The van der Waals surface area contributed by atoms with Crippen molar-refractivity contribution in [1.29, 1.82) is 0 Å². The van der Waals surface area contributed by atoms with Crippen molar-refractivity contribution in [2.24, 2.45) is 5.73 Å². The molecular weight excluding hydrogens is 257 g/mol. The summed E-state index contributed by atoms with van der Waals surface area (Å²) in [7, 11) is 0. The monoisotopic (exact) mass is 273 g/mol. The summed E-state index contributed by atoms with van der Waals surface area (Å²) in [6.07, 6.45) is 6.60. The molecule has 1 aliphatic carbocycles. The fraction of sp³-hybridized carbons (Fsp3) is 0.400. The van der Waals surface area contributed by atoms with Crippen molar-refractivity contribution in [2.45, 2.75) is 37.5 Å². The normalized spacial score (nSPS) is 25.1. The summed E-state index contributed by atoms with van der Waals surface area (Å²) in [4.78, 5) is 4.23. The van der Waals surface area contributed by atoms with E-state index in [0.29, 0.717) is 18.2 Å². The van der Waals surface area contributed by atoms with E-state index in [0.717, 1.165) is 11.3 Å². The molecule has 0 saturated heterocycles. The average Bonchev–Trinajstić information content (AvgIpc) is 3.15. The molecule has 4 rings (SSSR count). The van der Waals surface area contributed by atoms with Gasteiger partial charge in [-0.2, -0.15) is 0 Å². The molecule has 20 heavy (non-hydrogen) atoms. The van der Waals surface area contributed by atoms with Gasteiger partial charge >= 0.3 is 0 Å². The van der Waals surface area contributed by atoms with E-state index in [4.69, 9.17) is 10.5 Å². The molecule has 2 aromatic rings. The Bertz CT molecular complexity index is 650. The van der Waals surface area contributed by atoms with Gasteiger partial charge < -0.3 is 15.0 Å². The fourth-order valence-electron chi connectivity index (χ4n) is 2.88. The maximum atomic E-state index is 13.4. The highest BCUT2D eigenvalue weighted by atomic mass is 19.1. The maximum absolute atomic E-state index is 13.4. The zero-order valence-corrected chi connectivity index (χ0v) is 11.0. The zero-order valence-electron chi connectivity index (χ0n) is 11.0. The summed E-state index contributed by atoms with van der Waals surface area (Å²) >= 11 is 0. The molecule has 0 amide bonds. The SMILES string of the molecule is N[C@H]1CC(c2cncn2C2CC2)Oc2cc(F)ccc21. The smallest absolute Gasteiger partial charge is 0.142 e. The van der Waals surface area contributed by atoms with Gasteiger partial charge in [-0.3, -0.25) is 0 Å². The Morgan fingerprint density at radius 1 is 1.35 bits per heavy atom. The Kier molecular flexibility index (Phi) is 2.57. The van der Waals surface area contributed by atoms with E-state index in [2.05, 4.69) is 9.55 Å². The molecule has 1 aromatic carbocycles. The lowest BCUT2D eigenvalue weighted by Gasteiger charge is -2.30. The summed E-state index contributed by atoms with van der Waals surface area (Å²) in [5.41, 5.74) is 8.12. The summed E-state index contributed by atoms with van der Waals surface area (Å²) in [5, 5.41) is 0. The molecule has 2 heterocycles. The van der Waals surface area contributed by atoms with Crippen molar-refractivity contribution >= 4 is 0 Å². The molecule has 1 aliphatic heterocycles.